The maximum absolute atomic E-state index is 12.7. The SMILES string of the molecule is CCCCOC(=O)c1ccc(NC(=O)CSc2nnc(-c3cc(Br)ccc3O)n2-c2ccccc2)cc1. The lowest BCUT2D eigenvalue weighted by Gasteiger charge is -2.11. The van der Waals surface area contributed by atoms with E-state index in [0.29, 0.717) is 34.4 Å². The zero-order valence-electron chi connectivity index (χ0n) is 20.1. The lowest BCUT2D eigenvalue weighted by molar-refractivity contribution is -0.113. The van der Waals surface area contributed by atoms with Crippen LogP contribution in [0, 0.1) is 0 Å². The van der Waals surface area contributed by atoms with E-state index in [4.69, 9.17) is 4.74 Å². The molecule has 3 aromatic carbocycles. The molecule has 10 heteroatoms. The Kier molecular flexibility index (Phi) is 8.97. The van der Waals surface area contributed by atoms with Crippen molar-refractivity contribution in [3.8, 4) is 22.8 Å². The molecule has 190 valence electrons. The minimum absolute atomic E-state index is 0.0692. The van der Waals surface area contributed by atoms with Crippen LogP contribution in [0.15, 0.2) is 82.4 Å². The molecule has 0 spiro atoms. The number of esters is 1. The molecule has 1 amide bonds. The van der Waals surface area contributed by atoms with Gasteiger partial charge in [0.05, 0.1) is 23.5 Å². The minimum atomic E-state index is -0.380. The summed E-state index contributed by atoms with van der Waals surface area (Å²) < 4.78 is 7.80. The Hall–Kier alpha value is -3.63. The molecule has 4 aromatic rings. The monoisotopic (exact) mass is 580 g/mol. The summed E-state index contributed by atoms with van der Waals surface area (Å²) in [6, 6.07) is 21.2. The van der Waals surface area contributed by atoms with E-state index in [1.165, 1.54) is 11.8 Å². The van der Waals surface area contributed by atoms with Crippen LogP contribution in [0.3, 0.4) is 0 Å². The second-order valence-electron chi connectivity index (χ2n) is 8.04. The van der Waals surface area contributed by atoms with Crippen LogP contribution in [0.25, 0.3) is 17.1 Å². The molecule has 0 saturated heterocycles. The topological polar surface area (TPSA) is 106 Å². The number of aromatic nitrogens is 3. The van der Waals surface area contributed by atoms with E-state index in [-0.39, 0.29) is 23.4 Å². The predicted octanol–water partition coefficient (Wildman–Crippen LogP) is 6.09. The van der Waals surface area contributed by atoms with E-state index in [0.717, 1.165) is 23.0 Å². The second kappa shape index (κ2) is 12.6. The molecule has 0 bridgehead atoms. The van der Waals surface area contributed by atoms with E-state index < -0.39 is 0 Å². The van der Waals surface area contributed by atoms with Gasteiger partial charge in [-0.05, 0) is 61.0 Å². The summed E-state index contributed by atoms with van der Waals surface area (Å²) >= 11 is 4.66. The van der Waals surface area contributed by atoms with E-state index in [1.54, 1.807) is 47.0 Å². The number of benzene rings is 3. The van der Waals surface area contributed by atoms with Crippen molar-refractivity contribution >= 4 is 45.3 Å². The standard InChI is InChI=1S/C27H25BrN4O4S/c1-2-3-15-36-26(35)18-9-12-20(13-10-18)29-24(34)17-37-27-31-30-25(22-16-19(28)11-14-23(22)33)32(27)21-7-5-4-6-8-21/h4-14,16,33H,2-3,15,17H2,1H3,(H,29,34). The quantitative estimate of drug-likeness (QED) is 0.133. The third-order valence-corrected chi connectivity index (χ3v) is 6.74. The van der Waals surface area contributed by atoms with Crippen LogP contribution in [0.4, 0.5) is 5.69 Å². The van der Waals surface area contributed by atoms with Gasteiger partial charge < -0.3 is 15.2 Å². The first-order valence-electron chi connectivity index (χ1n) is 11.7. The van der Waals surface area contributed by atoms with Crippen molar-refractivity contribution in [2.45, 2.75) is 24.9 Å². The molecule has 4 rings (SSSR count). The number of phenolic OH excluding ortho intramolecular Hbond substituents is 1. The molecule has 0 aliphatic heterocycles. The molecule has 0 radical (unpaired) electrons. The van der Waals surface area contributed by atoms with Gasteiger partial charge in [-0.3, -0.25) is 9.36 Å². The number of para-hydroxylation sites is 1. The third kappa shape index (κ3) is 6.78. The number of rotatable bonds is 10. The van der Waals surface area contributed by atoms with Crippen molar-refractivity contribution in [2.24, 2.45) is 0 Å². The Morgan fingerprint density at radius 2 is 1.81 bits per heavy atom. The lowest BCUT2D eigenvalue weighted by atomic mass is 10.2. The summed E-state index contributed by atoms with van der Waals surface area (Å²) in [5.41, 5.74) is 2.31. The summed E-state index contributed by atoms with van der Waals surface area (Å²) in [4.78, 5) is 24.7. The molecule has 0 fully saturated rings. The average molecular weight is 581 g/mol. The number of nitrogens with zero attached hydrogens (tertiary/aromatic N) is 3. The molecule has 2 N–H and O–H groups in total. The maximum Gasteiger partial charge on any atom is 0.338 e. The molecule has 0 unspecified atom stereocenters. The zero-order chi connectivity index (χ0) is 26.2. The summed E-state index contributed by atoms with van der Waals surface area (Å²) in [6.45, 7) is 2.42. The number of anilines is 1. The maximum atomic E-state index is 12.7. The number of phenols is 1. The van der Waals surface area contributed by atoms with Crippen LogP contribution in [-0.4, -0.2) is 44.1 Å². The molecule has 0 saturated carbocycles. The second-order valence-corrected chi connectivity index (χ2v) is 9.90. The highest BCUT2D eigenvalue weighted by Gasteiger charge is 2.20. The van der Waals surface area contributed by atoms with Crippen LogP contribution < -0.4 is 5.32 Å². The van der Waals surface area contributed by atoms with Crippen molar-refractivity contribution < 1.29 is 19.4 Å². The Balaban J connectivity index is 1.47. The Bertz CT molecular complexity index is 1380. The summed E-state index contributed by atoms with van der Waals surface area (Å²) in [6.07, 6.45) is 1.77. The fourth-order valence-corrected chi connectivity index (χ4v) is 4.56. The highest BCUT2D eigenvalue weighted by Crippen LogP contribution is 2.34. The van der Waals surface area contributed by atoms with Gasteiger partial charge >= 0.3 is 5.97 Å². The van der Waals surface area contributed by atoms with Gasteiger partial charge in [-0.15, -0.1) is 10.2 Å². The molecule has 0 aliphatic rings. The van der Waals surface area contributed by atoms with Crippen LogP contribution in [0.1, 0.15) is 30.1 Å². The number of hydrogen-bond acceptors (Lipinski definition) is 7. The van der Waals surface area contributed by atoms with Gasteiger partial charge in [0.2, 0.25) is 5.91 Å². The van der Waals surface area contributed by atoms with Gasteiger partial charge in [0.25, 0.3) is 0 Å². The fourth-order valence-electron chi connectivity index (χ4n) is 3.44. The molecular weight excluding hydrogens is 556 g/mol. The number of carbonyl (C=O) groups excluding carboxylic acids is 2. The Morgan fingerprint density at radius 1 is 1.05 bits per heavy atom. The first-order chi connectivity index (χ1) is 18.0. The number of aromatic hydroxyl groups is 1. The first-order valence-corrected chi connectivity index (χ1v) is 13.4. The number of nitrogens with one attached hydrogen (secondary N) is 1. The minimum Gasteiger partial charge on any atom is -0.507 e. The number of amides is 1. The molecule has 37 heavy (non-hydrogen) atoms. The summed E-state index contributed by atoms with van der Waals surface area (Å²) in [5.74, 6) is -0.0165. The molecule has 0 aliphatic carbocycles. The highest BCUT2D eigenvalue weighted by molar-refractivity contribution is 9.10. The summed E-state index contributed by atoms with van der Waals surface area (Å²) in [7, 11) is 0. The van der Waals surface area contributed by atoms with Crippen molar-refractivity contribution in [3.05, 3.63) is 82.8 Å². The van der Waals surface area contributed by atoms with Crippen molar-refractivity contribution in [1.29, 1.82) is 0 Å². The van der Waals surface area contributed by atoms with Gasteiger partial charge in [0.15, 0.2) is 11.0 Å². The molecular formula is C27H25BrN4O4S. The van der Waals surface area contributed by atoms with Crippen LogP contribution in [0.2, 0.25) is 0 Å². The first kappa shape index (κ1) is 26.4. The Labute approximate surface area is 227 Å². The van der Waals surface area contributed by atoms with Gasteiger partial charge in [-0.1, -0.05) is 59.2 Å². The van der Waals surface area contributed by atoms with Crippen molar-refractivity contribution in [2.75, 3.05) is 17.7 Å². The normalized spacial score (nSPS) is 10.8. The molecule has 1 heterocycles. The fraction of sp³-hybridized carbons (Fsp3) is 0.185. The molecule has 0 atom stereocenters. The Morgan fingerprint density at radius 3 is 2.54 bits per heavy atom. The van der Waals surface area contributed by atoms with Crippen LogP contribution in [-0.2, 0) is 9.53 Å². The predicted molar refractivity (Wildman–Crippen MR) is 147 cm³/mol. The van der Waals surface area contributed by atoms with Gasteiger partial charge in [0, 0.05) is 15.8 Å². The van der Waals surface area contributed by atoms with Crippen molar-refractivity contribution in [3.63, 3.8) is 0 Å². The number of ether oxygens (including phenoxy) is 1. The number of halogens is 1. The third-order valence-electron chi connectivity index (χ3n) is 5.32. The molecule has 1 aromatic heterocycles. The van der Waals surface area contributed by atoms with Gasteiger partial charge in [-0.2, -0.15) is 0 Å². The largest absolute Gasteiger partial charge is 0.507 e. The van der Waals surface area contributed by atoms with E-state index in [1.807, 2.05) is 37.3 Å². The smallest absolute Gasteiger partial charge is 0.338 e. The van der Waals surface area contributed by atoms with Crippen molar-refractivity contribution in [1.82, 2.24) is 14.8 Å². The van der Waals surface area contributed by atoms with Gasteiger partial charge in [0.1, 0.15) is 5.75 Å². The van der Waals surface area contributed by atoms with Gasteiger partial charge in [-0.25, -0.2) is 4.79 Å². The average Bonchev–Trinajstić information content (AvgIpc) is 3.33. The zero-order valence-corrected chi connectivity index (χ0v) is 22.5. The number of carbonyl (C=O) groups is 2. The molecule has 8 nitrogen and oxygen atoms in total. The highest BCUT2D eigenvalue weighted by atomic mass is 79.9. The van der Waals surface area contributed by atoms with Crippen LogP contribution >= 0.6 is 27.7 Å². The van der Waals surface area contributed by atoms with E-state index in [9.17, 15) is 14.7 Å². The van der Waals surface area contributed by atoms with E-state index in [2.05, 4.69) is 31.4 Å². The number of thioether (sulfide) groups is 1. The summed E-state index contributed by atoms with van der Waals surface area (Å²) in [5, 5.41) is 22.4. The number of hydrogen-bond donors (Lipinski definition) is 2. The lowest BCUT2D eigenvalue weighted by Crippen LogP contribution is -2.15. The number of unbranched alkanes of at least 4 members (excludes halogenated alkanes) is 1. The van der Waals surface area contributed by atoms with Crippen LogP contribution in [0.5, 0.6) is 5.75 Å². The van der Waals surface area contributed by atoms with E-state index >= 15 is 0 Å².